The highest BCUT2D eigenvalue weighted by atomic mass is 16.5. The summed E-state index contributed by atoms with van der Waals surface area (Å²) in [4.78, 5) is 6.99. The van der Waals surface area contributed by atoms with Gasteiger partial charge in [0.2, 0.25) is 5.89 Å². The van der Waals surface area contributed by atoms with Crippen molar-refractivity contribution in [3.05, 3.63) is 83.5 Å². The van der Waals surface area contributed by atoms with E-state index in [1.807, 2.05) is 30.3 Å². The van der Waals surface area contributed by atoms with E-state index in [1.54, 1.807) is 7.11 Å². The van der Waals surface area contributed by atoms with Crippen LogP contribution in [0.5, 0.6) is 5.75 Å². The van der Waals surface area contributed by atoms with E-state index in [9.17, 15) is 0 Å². The molecule has 5 heteroatoms. The molecule has 1 aliphatic carbocycles. The summed E-state index contributed by atoms with van der Waals surface area (Å²) < 4.78 is 10.7. The van der Waals surface area contributed by atoms with Gasteiger partial charge in [0, 0.05) is 12.5 Å². The molecule has 1 unspecified atom stereocenters. The predicted octanol–water partition coefficient (Wildman–Crippen LogP) is 6.05. The van der Waals surface area contributed by atoms with Gasteiger partial charge in [0.05, 0.1) is 7.11 Å². The topological polar surface area (TPSA) is 51.4 Å². The summed E-state index contributed by atoms with van der Waals surface area (Å²) in [6.45, 7) is 0. The summed E-state index contributed by atoms with van der Waals surface area (Å²) in [6.07, 6.45) is 12.3. The smallest absolute Gasteiger partial charge is 0.250 e. The Bertz CT molecular complexity index is 1020. The highest BCUT2D eigenvalue weighted by molar-refractivity contribution is 5.38. The summed E-state index contributed by atoms with van der Waals surface area (Å²) in [6, 6.07) is 19.5. The van der Waals surface area contributed by atoms with Gasteiger partial charge in [-0.15, -0.1) is 0 Å². The zero-order valence-electron chi connectivity index (χ0n) is 20.7. The lowest BCUT2D eigenvalue weighted by Crippen LogP contribution is -2.37. The van der Waals surface area contributed by atoms with Crippen molar-refractivity contribution in [2.75, 3.05) is 21.2 Å². The van der Waals surface area contributed by atoms with Crippen molar-refractivity contribution in [1.29, 1.82) is 0 Å². The molecule has 1 heterocycles. The van der Waals surface area contributed by atoms with Gasteiger partial charge in [-0.05, 0) is 93.8 Å². The monoisotopic (exact) mass is 459 g/mol. The van der Waals surface area contributed by atoms with E-state index in [4.69, 9.17) is 9.26 Å². The largest absolute Gasteiger partial charge is 0.497 e. The molecule has 3 aromatic rings. The van der Waals surface area contributed by atoms with Gasteiger partial charge in [-0.25, -0.2) is 0 Å². The Morgan fingerprint density at radius 2 is 1.74 bits per heavy atom. The Morgan fingerprint density at radius 3 is 2.41 bits per heavy atom. The number of allylic oxidation sites excluding steroid dienone is 1. The number of ether oxygens (including phenoxy) is 1. The molecule has 34 heavy (non-hydrogen) atoms. The highest BCUT2D eigenvalue weighted by Gasteiger charge is 2.28. The number of rotatable bonds is 10. The second-order valence-corrected chi connectivity index (χ2v) is 9.66. The van der Waals surface area contributed by atoms with Crippen LogP contribution in [0.4, 0.5) is 0 Å². The molecule has 1 saturated carbocycles. The summed E-state index contributed by atoms with van der Waals surface area (Å²) in [5.41, 5.74) is 2.58. The van der Waals surface area contributed by atoms with E-state index in [0.29, 0.717) is 30.1 Å². The number of hydrogen-bond donors (Lipinski definition) is 0. The van der Waals surface area contributed by atoms with Crippen molar-refractivity contribution >= 4 is 6.08 Å². The molecular formula is C29H37N3O2. The fourth-order valence-electron chi connectivity index (χ4n) is 5.15. The second kappa shape index (κ2) is 12.0. The van der Waals surface area contributed by atoms with Crippen molar-refractivity contribution < 1.29 is 9.26 Å². The van der Waals surface area contributed by atoms with Gasteiger partial charge in [-0.1, -0.05) is 53.7 Å². The number of nitrogens with zero attached hydrogens (tertiary/aromatic N) is 3. The minimum atomic E-state index is 0.588. The third-order valence-corrected chi connectivity index (χ3v) is 7.11. The molecule has 0 radical (unpaired) electrons. The van der Waals surface area contributed by atoms with Gasteiger partial charge < -0.3 is 14.2 Å². The van der Waals surface area contributed by atoms with E-state index in [2.05, 4.69) is 65.5 Å². The van der Waals surface area contributed by atoms with Gasteiger partial charge in [0.1, 0.15) is 5.75 Å². The zero-order chi connectivity index (χ0) is 23.8. The molecule has 0 bridgehead atoms. The first kappa shape index (κ1) is 24.2. The molecule has 5 nitrogen and oxygen atoms in total. The molecule has 2 aromatic carbocycles. The lowest BCUT2D eigenvalue weighted by molar-refractivity contribution is 0.150. The van der Waals surface area contributed by atoms with E-state index in [0.717, 1.165) is 23.7 Å². The van der Waals surface area contributed by atoms with Gasteiger partial charge in [-0.3, -0.25) is 0 Å². The Balaban J connectivity index is 1.25. The van der Waals surface area contributed by atoms with Gasteiger partial charge in [-0.2, -0.15) is 4.98 Å². The van der Waals surface area contributed by atoms with Crippen LogP contribution in [0.15, 0.2) is 65.2 Å². The minimum Gasteiger partial charge on any atom is -0.497 e. The Kier molecular flexibility index (Phi) is 8.53. The Labute approximate surface area is 203 Å². The van der Waals surface area contributed by atoms with Crippen molar-refractivity contribution in [2.24, 2.45) is 11.8 Å². The fourth-order valence-corrected chi connectivity index (χ4v) is 5.15. The van der Waals surface area contributed by atoms with Crippen molar-refractivity contribution in [3.63, 3.8) is 0 Å². The standard InChI is InChI=1S/C29H37N3O2/c1-32(2)27(19-13-22-7-5-4-6-8-22)25-15-9-23(10-16-25)14-20-29-30-28(31-34-29)21-24-11-17-26(33-3)18-12-24/h4-8,11-12,14,17-18,20,23,25,27H,9-10,13,15-16,19,21H2,1-3H3. The Morgan fingerprint density at radius 1 is 1.00 bits per heavy atom. The maximum absolute atomic E-state index is 5.46. The van der Waals surface area contributed by atoms with E-state index in [1.165, 1.54) is 37.7 Å². The van der Waals surface area contributed by atoms with Crippen molar-refractivity contribution in [3.8, 4) is 5.75 Å². The third kappa shape index (κ3) is 6.80. The first-order chi connectivity index (χ1) is 16.6. The number of aryl methyl sites for hydroxylation is 1. The molecule has 4 rings (SSSR count). The zero-order valence-corrected chi connectivity index (χ0v) is 20.7. The van der Waals surface area contributed by atoms with E-state index < -0.39 is 0 Å². The maximum atomic E-state index is 5.46. The van der Waals surface area contributed by atoms with Crippen molar-refractivity contribution in [1.82, 2.24) is 15.0 Å². The van der Waals surface area contributed by atoms with Crippen LogP contribution in [0, 0.1) is 11.8 Å². The summed E-state index contributed by atoms with van der Waals surface area (Å²) in [5, 5.41) is 4.14. The molecule has 180 valence electrons. The summed E-state index contributed by atoms with van der Waals surface area (Å²) >= 11 is 0. The molecule has 0 aliphatic heterocycles. The molecule has 0 saturated heterocycles. The fraction of sp³-hybridized carbons (Fsp3) is 0.448. The second-order valence-electron chi connectivity index (χ2n) is 9.66. The SMILES string of the molecule is COc1ccc(Cc2noc(C=CC3CCC(C(CCc4ccccc4)N(C)C)CC3)n2)cc1. The van der Waals surface area contributed by atoms with Gasteiger partial charge in [0.25, 0.3) is 0 Å². The van der Waals surface area contributed by atoms with Gasteiger partial charge in [0.15, 0.2) is 5.82 Å². The van der Waals surface area contributed by atoms with Crippen LogP contribution in [0.25, 0.3) is 6.08 Å². The van der Waals surface area contributed by atoms with Crippen molar-refractivity contribution in [2.45, 2.75) is 51.0 Å². The average molecular weight is 460 g/mol. The Hall–Kier alpha value is -2.92. The van der Waals surface area contributed by atoms with Gasteiger partial charge >= 0.3 is 0 Å². The van der Waals surface area contributed by atoms with Crippen LogP contribution in [-0.2, 0) is 12.8 Å². The quantitative estimate of drug-likeness (QED) is 0.369. The van der Waals surface area contributed by atoms with E-state index in [-0.39, 0.29) is 0 Å². The highest BCUT2D eigenvalue weighted by Crippen LogP contribution is 2.34. The van der Waals surface area contributed by atoms with Crippen LogP contribution in [0.2, 0.25) is 0 Å². The van der Waals surface area contributed by atoms with Crippen LogP contribution >= 0.6 is 0 Å². The lowest BCUT2D eigenvalue weighted by Gasteiger charge is -2.37. The van der Waals surface area contributed by atoms with Crippen LogP contribution in [0.3, 0.4) is 0 Å². The predicted molar refractivity (Wildman–Crippen MR) is 137 cm³/mol. The average Bonchev–Trinajstić information content (AvgIpc) is 3.32. The number of methoxy groups -OCH3 is 1. The van der Waals surface area contributed by atoms with E-state index >= 15 is 0 Å². The van der Waals surface area contributed by atoms with Crippen LogP contribution in [0.1, 0.15) is 54.9 Å². The number of hydrogen-bond acceptors (Lipinski definition) is 5. The van der Waals surface area contributed by atoms with Crippen LogP contribution in [-0.4, -0.2) is 42.3 Å². The third-order valence-electron chi connectivity index (χ3n) is 7.11. The van der Waals surface area contributed by atoms with Crippen LogP contribution < -0.4 is 4.74 Å². The normalized spacial score (nSPS) is 19.5. The number of benzene rings is 2. The number of aromatic nitrogens is 2. The summed E-state index contributed by atoms with van der Waals surface area (Å²) in [5.74, 6) is 3.51. The molecular weight excluding hydrogens is 422 g/mol. The molecule has 0 amide bonds. The first-order valence-corrected chi connectivity index (χ1v) is 12.4. The molecule has 0 N–H and O–H groups in total. The molecule has 0 spiro atoms. The molecule has 1 atom stereocenters. The lowest BCUT2D eigenvalue weighted by atomic mass is 9.76. The first-order valence-electron chi connectivity index (χ1n) is 12.4. The molecule has 1 aromatic heterocycles. The maximum Gasteiger partial charge on any atom is 0.250 e. The molecule has 1 fully saturated rings. The summed E-state index contributed by atoms with van der Waals surface area (Å²) in [7, 11) is 6.15. The minimum absolute atomic E-state index is 0.588. The molecule has 1 aliphatic rings.